The molecule has 0 spiro atoms. The normalized spacial score (nSPS) is 12.3. The van der Waals surface area contributed by atoms with E-state index in [1.54, 1.807) is 34.6 Å². The molecule has 0 aliphatic carbocycles. The van der Waals surface area contributed by atoms with E-state index in [1.165, 1.54) is 30.4 Å². The fourth-order valence-electron chi connectivity index (χ4n) is 3.02. The third-order valence-corrected chi connectivity index (χ3v) is 5.61. The van der Waals surface area contributed by atoms with Crippen LogP contribution in [0.15, 0.2) is 0 Å². The molecule has 0 radical (unpaired) electrons. The van der Waals surface area contributed by atoms with Crippen molar-refractivity contribution in [1.82, 2.24) is 0 Å². The standard InChI is InChI=1S/C10H20O2.C9H18O2.C7H14O2S.C6H12O2S.2H2/c1-8(11)7-10(5,6)12-9(2,3)4;1-7(10)9(5,6)11-8(2,3)4;1-6(2)9-4-5-10-7(3)8;1-5(2)8-4-9-6(3)7;;/h7H2,1-6H3;1-6H3;6H,4-5H2,1-3H3;5H,4H2,1-3H3;2*1H/i;;;;2*1+1D. The van der Waals surface area contributed by atoms with Crippen LogP contribution in [0.3, 0.4) is 0 Å². The summed E-state index contributed by atoms with van der Waals surface area (Å²) in [5.41, 5.74) is -1.43. The summed E-state index contributed by atoms with van der Waals surface area (Å²) in [5.74, 6) is 1.48. The van der Waals surface area contributed by atoms with E-state index >= 15 is 0 Å². The van der Waals surface area contributed by atoms with Crippen LogP contribution in [0.5, 0.6) is 0 Å². The van der Waals surface area contributed by atoms with E-state index in [9.17, 15) is 19.2 Å². The Hall–Kier alpha value is -0.780. The molecule has 0 aliphatic heterocycles. The maximum Gasteiger partial charge on any atom is 0.188 e. The van der Waals surface area contributed by atoms with Crippen LogP contribution in [0.4, 0.5) is 0 Å². The number of ether oxygens (including phenoxy) is 4. The van der Waals surface area contributed by atoms with Gasteiger partial charge < -0.3 is 18.9 Å². The van der Waals surface area contributed by atoms with Gasteiger partial charge in [-0.2, -0.15) is 0 Å². The first-order chi connectivity index (χ1) is 20.5. The van der Waals surface area contributed by atoms with E-state index in [2.05, 4.69) is 0 Å². The lowest BCUT2D eigenvalue weighted by Crippen LogP contribution is -2.40. The Morgan fingerprint density at radius 2 is 1.07 bits per heavy atom. The van der Waals surface area contributed by atoms with E-state index < -0.39 is 5.60 Å². The molecule has 0 rings (SSSR count). The largest absolute Gasteiger partial charge is 0.378 e. The van der Waals surface area contributed by atoms with Crippen LogP contribution in [0.2, 0.25) is 0 Å². The molecule has 0 N–H and O–H groups in total. The van der Waals surface area contributed by atoms with Gasteiger partial charge in [-0.15, -0.1) is 0 Å². The molecule has 0 unspecified atom stereocenters. The first kappa shape index (κ1) is 43.3. The van der Waals surface area contributed by atoms with Crippen molar-refractivity contribution >= 4 is 45.3 Å². The highest BCUT2D eigenvalue weighted by Crippen LogP contribution is 2.23. The zero-order valence-corrected chi connectivity index (χ0v) is 31.7. The van der Waals surface area contributed by atoms with E-state index in [0.717, 1.165) is 5.75 Å². The van der Waals surface area contributed by atoms with E-state index in [0.29, 0.717) is 19.0 Å². The quantitative estimate of drug-likeness (QED) is 0.151. The fraction of sp³-hybridized carbons (Fsp3) is 0.875. The fourth-order valence-corrected chi connectivity index (χ4v) is 4.00. The number of hydrogen-bond donors (Lipinski definition) is 0. The van der Waals surface area contributed by atoms with Crippen LogP contribution in [-0.4, -0.2) is 74.7 Å². The minimum atomic E-state index is -0.655. The molecule has 0 bridgehead atoms. The van der Waals surface area contributed by atoms with Crippen LogP contribution < -0.4 is 0 Å². The van der Waals surface area contributed by atoms with E-state index in [-0.39, 0.29) is 50.8 Å². The lowest BCUT2D eigenvalue weighted by Gasteiger charge is -2.33. The molecule has 0 fully saturated rings. The molecule has 10 heteroatoms. The molecule has 0 atom stereocenters. The average molecular weight is 649 g/mol. The minimum absolute atomic E-state index is 0.0624. The third kappa shape index (κ3) is 46.2. The SMILES string of the molecule is CC(=O)C(C)(C)OC(C)(C)C.CC(=O)CC(C)(C)OC(C)(C)C.CC(=O)SCCOC(C)C.CC(=O)SCOC(C)C.[2H][2H].[2H][2H]. The van der Waals surface area contributed by atoms with Crippen LogP contribution in [0.25, 0.3) is 0 Å². The molecule has 8 nitrogen and oxygen atoms in total. The molecule has 0 aromatic rings. The van der Waals surface area contributed by atoms with Gasteiger partial charge in [0.2, 0.25) is 0 Å². The predicted molar refractivity (Wildman–Crippen MR) is 184 cm³/mol. The second kappa shape index (κ2) is 23.6. The summed E-state index contributed by atoms with van der Waals surface area (Å²) in [5, 5.41) is 0.267. The van der Waals surface area contributed by atoms with Crippen molar-refractivity contribution < 1.29 is 44.1 Å². The monoisotopic (exact) mass is 648 g/mol. The Morgan fingerprint density at radius 1 is 0.667 bits per heavy atom. The number of hydrogen-bond acceptors (Lipinski definition) is 10. The van der Waals surface area contributed by atoms with Gasteiger partial charge in [0.05, 0.1) is 41.6 Å². The predicted octanol–water partition coefficient (Wildman–Crippen LogP) is 8.56. The lowest BCUT2D eigenvalue weighted by molar-refractivity contribution is -0.155. The van der Waals surface area contributed by atoms with E-state index in [4.69, 9.17) is 24.9 Å². The van der Waals surface area contributed by atoms with Crippen LogP contribution in [0, 0.1) is 0 Å². The Morgan fingerprint density at radius 3 is 1.33 bits per heavy atom. The Labute approximate surface area is 273 Å². The van der Waals surface area contributed by atoms with Gasteiger partial charge in [0.25, 0.3) is 0 Å². The molecule has 42 heavy (non-hydrogen) atoms. The van der Waals surface area contributed by atoms with Gasteiger partial charge in [-0.25, -0.2) is 0 Å². The van der Waals surface area contributed by atoms with Crippen molar-refractivity contribution in [2.24, 2.45) is 0 Å². The van der Waals surface area contributed by atoms with Crippen molar-refractivity contribution in [2.45, 2.75) is 166 Å². The molecule has 0 saturated carbocycles. The molecule has 0 heterocycles. The van der Waals surface area contributed by atoms with Crippen molar-refractivity contribution in [2.75, 3.05) is 18.3 Å². The molecule has 0 aromatic heterocycles. The van der Waals surface area contributed by atoms with Crippen LogP contribution in [0.1, 0.15) is 137 Å². The number of ketones is 2. The third-order valence-electron chi connectivity index (χ3n) is 4.17. The average Bonchev–Trinajstić information content (AvgIpc) is 2.81. The molecular formula is C32H68O8S2. The summed E-state index contributed by atoms with van der Waals surface area (Å²) < 4.78 is 41.6. The maximum atomic E-state index is 11.0. The van der Waals surface area contributed by atoms with Crippen LogP contribution >= 0.6 is 23.5 Å². The Balaban J connectivity index is -0.000000112. The van der Waals surface area contributed by atoms with Gasteiger partial charge in [0.15, 0.2) is 16.0 Å². The summed E-state index contributed by atoms with van der Waals surface area (Å²) in [4.78, 5) is 42.6. The Kier molecular flexibility index (Phi) is 24.3. The highest BCUT2D eigenvalue weighted by molar-refractivity contribution is 8.13. The zero-order chi connectivity index (χ0) is 38.5. The van der Waals surface area contributed by atoms with Crippen molar-refractivity contribution in [1.29, 1.82) is 0 Å². The van der Waals surface area contributed by atoms with Gasteiger partial charge in [-0.3, -0.25) is 19.2 Å². The zero-order valence-electron chi connectivity index (χ0n) is 34.1. The summed E-state index contributed by atoms with van der Waals surface area (Å²) >= 11 is 2.51. The van der Waals surface area contributed by atoms with Crippen LogP contribution in [-0.2, 0) is 38.1 Å². The second-order valence-electron chi connectivity index (χ2n) is 13.4. The summed E-state index contributed by atoms with van der Waals surface area (Å²) in [6.45, 7) is 34.1. The molecule has 0 saturated heterocycles. The first-order valence-electron chi connectivity index (χ1n) is 16.4. The maximum absolute atomic E-state index is 11.0. The topological polar surface area (TPSA) is 105 Å². The van der Waals surface area contributed by atoms with Gasteiger partial charge >= 0.3 is 0 Å². The van der Waals surface area contributed by atoms with E-state index in [1.807, 2.05) is 83.1 Å². The van der Waals surface area contributed by atoms with Gasteiger partial charge in [-0.1, -0.05) is 23.5 Å². The number of carbonyl (C=O) groups is 4. The Bertz CT molecular complexity index is 781. The first-order valence-corrected chi connectivity index (χ1v) is 16.4. The van der Waals surface area contributed by atoms with Gasteiger partial charge in [0, 0.05) is 32.0 Å². The molecule has 0 aliphatic rings. The molecule has 256 valence electrons. The van der Waals surface area contributed by atoms with Gasteiger partial charge in [0.1, 0.15) is 11.4 Å². The molecular weight excluding hydrogens is 576 g/mol. The van der Waals surface area contributed by atoms with Gasteiger partial charge in [-0.05, 0) is 111 Å². The molecule has 0 aromatic carbocycles. The number of thioether (sulfide) groups is 2. The number of carbonyl (C=O) groups excluding carboxylic acids is 4. The lowest BCUT2D eigenvalue weighted by atomic mass is 10.0. The minimum Gasteiger partial charge on any atom is -0.378 e. The summed E-state index contributed by atoms with van der Waals surface area (Å²) in [6, 6.07) is 0. The van der Waals surface area contributed by atoms with Crippen molar-refractivity contribution in [3.8, 4) is 0 Å². The number of Topliss-reactive ketones (excluding diaryl/α,β-unsaturated/α-hetero) is 2. The van der Waals surface area contributed by atoms with Crippen molar-refractivity contribution in [3.05, 3.63) is 0 Å². The summed E-state index contributed by atoms with van der Waals surface area (Å²) in [6.07, 6.45) is 0.967. The second-order valence-corrected chi connectivity index (χ2v) is 15.7. The summed E-state index contributed by atoms with van der Waals surface area (Å²) in [7, 11) is 0. The van der Waals surface area contributed by atoms with Crippen molar-refractivity contribution in [3.63, 3.8) is 0 Å². The molecule has 0 amide bonds. The highest BCUT2D eigenvalue weighted by Gasteiger charge is 2.30. The smallest absolute Gasteiger partial charge is 0.188 e. The number of rotatable bonds is 12. The highest BCUT2D eigenvalue weighted by atomic mass is 32.2.